The first-order chi connectivity index (χ1) is 29.8. The van der Waals surface area contributed by atoms with E-state index in [1.54, 1.807) is 34.9 Å². The van der Waals surface area contributed by atoms with Gasteiger partial charge in [0.2, 0.25) is 12.1 Å². The molecule has 3 aromatic rings. The van der Waals surface area contributed by atoms with Crippen LogP contribution in [0.4, 0.5) is 9.18 Å². The number of hydrogen-bond acceptors (Lipinski definition) is 11. The minimum Gasteiger partial charge on any atom is -0.459 e. The molecule has 1 saturated carbocycles. The summed E-state index contributed by atoms with van der Waals surface area (Å²) in [4.78, 5) is 23.2. The summed E-state index contributed by atoms with van der Waals surface area (Å²) in [6.07, 6.45) is 12.2. The van der Waals surface area contributed by atoms with Crippen LogP contribution in [0.1, 0.15) is 81.3 Å². The fourth-order valence-corrected chi connectivity index (χ4v) is 10.0. The quantitative estimate of drug-likeness (QED) is 0.0521. The zero-order chi connectivity index (χ0) is 42.8. The van der Waals surface area contributed by atoms with Crippen molar-refractivity contribution in [2.45, 2.75) is 99.7 Å². The molecule has 2 aliphatic heterocycles. The molecular formula is C48H59FN2O9S. The monoisotopic (exact) mass is 858 g/mol. The van der Waals surface area contributed by atoms with Crippen molar-refractivity contribution in [2.24, 2.45) is 22.9 Å². The van der Waals surface area contributed by atoms with Gasteiger partial charge in [0.05, 0.1) is 32.0 Å². The Morgan fingerprint density at radius 3 is 2.46 bits per heavy atom. The number of amides is 1. The first kappa shape index (κ1) is 44.6. The Balaban J connectivity index is 1.44. The number of oxime groups is 1. The molecule has 0 spiro atoms. The Bertz CT molecular complexity index is 1990. The van der Waals surface area contributed by atoms with Gasteiger partial charge in [0.15, 0.2) is 0 Å². The molecule has 11 nitrogen and oxygen atoms in total. The molecule has 1 saturated heterocycles. The molecule has 2 heterocycles. The maximum Gasteiger partial charge on any atom is 0.410 e. The molecular weight excluding hydrogens is 800 g/mol. The van der Waals surface area contributed by atoms with Crippen molar-refractivity contribution in [1.82, 2.24) is 4.90 Å². The van der Waals surface area contributed by atoms with Crippen molar-refractivity contribution in [2.75, 3.05) is 39.8 Å². The van der Waals surface area contributed by atoms with Crippen LogP contribution >= 0.6 is 11.8 Å². The number of aliphatic hydroxyl groups is 2. The number of rotatable bonds is 19. The molecule has 328 valence electrons. The lowest BCUT2D eigenvalue weighted by molar-refractivity contribution is -0.256. The first-order valence-corrected chi connectivity index (χ1v) is 22.8. The van der Waals surface area contributed by atoms with E-state index in [4.69, 9.17) is 33.7 Å². The van der Waals surface area contributed by atoms with Crippen LogP contribution in [0.25, 0.3) is 0 Å². The summed E-state index contributed by atoms with van der Waals surface area (Å²) < 4.78 is 46.6. The largest absolute Gasteiger partial charge is 0.459 e. The first-order valence-electron chi connectivity index (χ1n) is 21.6. The third-order valence-electron chi connectivity index (χ3n) is 12.4. The van der Waals surface area contributed by atoms with Crippen LogP contribution in [0.15, 0.2) is 101 Å². The lowest BCUT2D eigenvalue weighted by Gasteiger charge is -2.59. The normalized spacial score (nSPS) is 26.0. The number of hydrogen-bond donors (Lipinski definition) is 2. The summed E-state index contributed by atoms with van der Waals surface area (Å²) in [6, 6.07) is 19.1. The highest BCUT2D eigenvalue weighted by atomic mass is 32.2. The highest BCUT2D eigenvalue weighted by molar-refractivity contribution is 7.98. The zero-order valence-electron chi connectivity index (χ0n) is 35.2. The second kappa shape index (κ2) is 21.1. The summed E-state index contributed by atoms with van der Waals surface area (Å²) in [5.74, 6) is -0.639. The number of fused-ring (bicyclic) bond motifs is 2. The van der Waals surface area contributed by atoms with Crippen LogP contribution in [0.3, 0.4) is 0 Å². The van der Waals surface area contributed by atoms with E-state index >= 15 is 0 Å². The number of thioether (sulfide) groups is 1. The van der Waals surface area contributed by atoms with Gasteiger partial charge in [0.1, 0.15) is 29.1 Å². The molecule has 3 aromatic carbocycles. The van der Waals surface area contributed by atoms with Crippen molar-refractivity contribution in [3.63, 3.8) is 0 Å². The number of nitrogens with zero attached hydrogens (tertiary/aromatic N) is 2. The van der Waals surface area contributed by atoms with Gasteiger partial charge in [-0.15, -0.1) is 18.3 Å². The molecule has 2 aliphatic carbocycles. The summed E-state index contributed by atoms with van der Waals surface area (Å²) >= 11 is 1.66. The molecule has 7 atom stereocenters. The smallest absolute Gasteiger partial charge is 0.410 e. The summed E-state index contributed by atoms with van der Waals surface area (Å²) in [7, 11) is 1.34. The molecule has 7 unspecified atom stereocenters. The molecule has 0 radical (unpaired) electrons. The van der Waals surface area contributed by atoms with Gasteiger partial charge in [0.25, 0.3) is 0 Å². The number of unbranched alkanes of at least 4 members (excludes halogenated alkanes) is 2. The molecule has 1 amide bonds. The van der Waals surface area contributed by atoms with Gasteiger partial charge in [-0.1, -0.05) is 42.3 Å². The Kier molecular flexibility index (Phi) is 15.5. The minimum atomic E-state index is -1.49. The maximum atomic E-state index is 14.2. The van der Waals surface area contributed by atoms with Gasteiger partial charge in [0, 0.05) is 49.0 Å². The predicted octanol–water partition coefficient (Wildman–Crippen LogP) is 9.77. The number of ether oxygens (including phenoxy) is 5. The van der Waals surface area contributed by atoms with E-state index in [0.717, 1.165) is 54.6 Å². The van der Waals surface area contributed by atoms with Gasteiger partial charge < -0.3 is 38.7 Å². The van der Waals surface area contributed by atoms with E-state index in [1.165, 1.54) is 19.2 Å². The predicted molar refractivity (Wildman–Crippen MR) is 232 cm³/mol. The highest BCUT2D eigenvalue weighted by Crippen LogP contribution is 2.62. The van der Waals surface area contributed by atoms with Crippen LogP contribution in [0.2, 0.25) is 0 Å². The number of aliphatic hydroxyl groups excluding tert-OH is 2. The Morgan fingerprint density at radius 1 is 1.02 bits per heavy atom. The second-order valence-electron chi connectivity index (χ2n) is 16.2. The topological polar surface area (TPSA) is 129 Å². The fraction of sp³-hybridized carbons (Fsp3) is 0.500. The van der Waals surface area contributed by atoms with Crippen molar-refractivity contribution in [3.8, 4) is 17.2 Å². The summed E-state index contributed by atoms with van der Waals surface area (Å²) in [5.41, 5.74) is 3.18. The van der Waals surface area contributed by atoms with E-state index in [0.29, 0.717) is 54.4 Å². The summed E-state index contributed by atoms with van der Waals surface area (Å²) in [6.45, 7) is 4.94. The molecule has 7 rings (SSSR count). The van der Waals surface area contributed by atoms with Crippen LogP contribution in [-0.2, 0) is 25.6 Å². The van der Waals surface area contributed by atoms with Gasteiger partial charge in [-0.3, -0.25) is 4.90 Å². The fourth-order valence-electron chi connectivity index (χ4n) is 9.61. The molecule has 2 fully saturated rings. The highest BCUT2D eigenvalue weighted by Gasteiger charge is 2.65. The van der Waals surface area contributed by atoms with E-state index in [9.17, 15) is 19.4 Å². The third kappa shape index (κ3) is 10.1. The van der Waals surface area contributed by atoms with Crippen molar-refractivity contribution < 1.29 is 47.9 Å². The van der Waals surface area contributed by atoms with Gasteiger partial charge >= 0.3 is 6.09 Å². The number of halogens is 1. The number of carbonyl (C=O) groups is 1. The van der Waals surface area contributed by atoms with Crippen molar-refractivity contribution >= 4 is 23.6 Å². The van der Waals surface area contributed by atoms with Crippen LogP contribution in [0, 0.1) is 23.6 Å². The van der Waals surface area contributed by atoms with Crippen molar-refractivity contribution in [3.05, 3.63) is 108 Å². The number of carbonyl (C=O) groups excluding carboxylic acids is 1. The average molecular weight is 859 g/mol. The van der Waals surface area contributed by atoms with Gasteiger partial charge in [-0.05, 0) is 122 Å². The Hall–Kier alpha value is -4.40. The van der Waals surface area contributed by atoms with Crippen LogP contribution in [-0.4, -0.2) is 84.8 Å². The third-order valence-corrected chi connectivity index (χ3v) is 13.2. The summed E-state index contributed by atoms with van der Waals surface area (Å²) in [5, 5.41) is 24.8. The van der Waals surface area contributed by atoms with E-state index < -0.39 is 30.1 Å². The molecule has 0 aromatic heterocycles. The van der Waals surface area contributed by atoms with E-state index in [-0.39, 0.29) is 56.4 Å². The lowest BCUT2D eigenvalue weighted by atomic mass is 9.55. The number of benzene rings is 3. The molecule has 2 N–H and O–H groups in total. The second-order valence-corrected chi connectivity index (χ2v) is 17.1. The lowest BCUT2D eigenvalue weighted by Crippen LogP contribution is -2.70. The molecule has 0 bridgehead atoms. The Labute approximate surface area is 362 Å². The maximum absolute atomic E-state index is 14.2. The van der Waals surface area contributed by atoms with E-state index in [1.807, 2.05) is 42.7 Å². The molecule has 61 heavy (non-hydrogen) atoms. The van der Waals surface area contributed by atoms with Crippen LogP contribution in [0.5, 0.6) is 17.2 Å². The standard InChI is InChI=1S/C48H59FN2O9S/c1-4-26-57-48-43(51(47(54)55-2)31-32-14-16-34(49)17-15-32)30-41(50-60-44-13-7-10-27-56-44)39-28-33(11-5-8-24-52)38(12-6-9-25-53)45(46(39)48)40-29-36(20-23-42(40)59-48)58-35-18-21-37(61-3)22-19-35/h4,14-23,28-29,33,38,43-46,52-53H,1,5-13,24-27,30-31H2,2-3H3. The molecule has 4 aliphatic rings. The number of allylic oxidation sites excluding steroid dienone is 1. The Morgan fingerprint density at radius 2 is 1.77 bits per heavy atom. The van der Waals surface area contributed by atoms with Crippen LogP contribution < -0.4 is 9.47 Å². The zero-order valence-corrected chi connectivity index (χ0v) is 36.0. The average Bonchev–Trinajstić information content (AvgIpc) is 3.29. The number of methoxy groups -OCH3 is 1. The van der Waals surface area contributed by atoms with Gasteiger partial charge in [-0.2, -0.15) is 0 Å². The molecule has 13 heteroatoms. The van der Waals surface area contributed by atoms with Gasteiger partial charge in [-0.25, -0.2) is 9.18 Å². The van der Waals surface area contributed by atoms with E-state index in [2.05, 4.69) is 18.7 Å². The SMILES string of the molecule is C=CCOC12Oc3ccc(Oc4ccc(SC)cc4)cc3C3C(CCCCO)C(CCCCO)C=C(C(=NOC4CCCCO4)CC1N(Cc1ccc(F)cc1)C(=O)OC)C32. The van der Waals surface area contributed by atoms with Crippen molar-refractivity contribution in [1.29, 1.82) is 0 Å². The minimum absolute atomic E-state index is 0.0238.